The number of nitrogens with zero attached hydrogens (tertiary/aromatic N) is 1. The maximum Gasteiger partial charge on any atom is 0.315 e. The second-order valence-corrected chi connectivity index (χ2v) is 5.42. The van der Waals surface area contributed by atoms with Crippen LogP contribution in [0.25, 0.3) is 11.1 Å². The molecule has 2 aromatic rings. The van der Waals surface area contributed by atoms with Gasteiger partial charge in [0.15, 0.2) is 0 Å². The fourth-order valence-electron chi connectivity index (χ4n) is 3.02. The Morgan fingerprint density at radius 3 is 2.48 bits per heavy atom. The van der Waals surface area contributed by atoms with Crippen molar-refractivity contribution >= 4 is 6.03 Å². The number of hydrogen-bond donors (Lipinski definition) is 2. The molecule has 108 valence electrons. The van der Waals surface area contributed by atoms with Gasteiger partial charge in [0.05, 0.1) is 6.04 Å². The molecule has 3 rings (SSSR count). The fraction of sp³-hybridized carbons (Fsp3) is 0.235. The number of primary amides is 1. The molecule has 0 aliphatic carbocycles. The molecule has 0 spiro atoms. The lowest BCUT2D eigenvalue weighted by molar-refractivity contribution is 0.200. The van der Waals surface area contributed by atoms with E-state index in [-0.39, 0.29) is 12.1 Å². The molecule has 1 saturated heterocycles. The SMILES string of the molecule is NC(=O)N1CCC(N)C1c1cccc(-c2ccccc2)c1. The second kappa shape index (κ2) is 5.58. The normalized spacial score (nSPS) is 21.5. The molecule has 0 radical (unpaired) electrons. The van der Waals surface area contributed by atoms with Gasteiger partial charge >= 0.3 is 6.03 Å². The Balaban J connectivity index is 1.98. The quantitative estimate of drug-likeness (QED) is 0.887. The van der Waals surface area contributed by atoms with Gasteiger partial charge in [0, 0.05) is 12.6 Å². The van der Waals surface area contributed by atoms with Crippen molar-refractivity contribution in [3.8, 4) is 11.1 Å². The van der Waals surface area contributed by atoms with E-state index in [0.717, 1.165) is 23.1 Å². The zero-order valence-corrected chi connectivity index (χ0v) is 11.8. The minimum atomic E-state index is -0.405. The monoisotopic (exact) mass is 281 g/mol. The topological polar surface area (TPSA) is 72.4 Å². The molecule has 4 N–H and O–H groups in total. The van der Waals surface area contributed by atoms with Crippen LogP contribution in [0.15, 0.2) is 54.6 Å². The molecule has 2 aromatic carbocycles. The van der Waals surface area contributed by atoms with E-state index in [1.807, 2.05) is 30.3 Å². The highest BCUT2D eigenvalue weighted by molar-refractivity contribution is 5.73. The number of rotatable bonds is 2. The fourth-order valence-corrected chi connectivity index (χ4v) is 3.02. The molecular weight excluding hydrogens is 262 g/mol. The largest absolute Gasteiger partial charge is 0.351 e. The van der Waals surface area contributed by atoms with Crippen LogP contribution in [0.5, 0.6) is 0 Å². The highest BCUT2D eigenvalue weighted by Gasteiger charge is 2.35. The van der Waals surface area contributed by atoms with Crippen molar-refractivity contribution in [2.75, 3.05) is 6.54 Å². The van der Waals surface area contributed by atoms with Crippen LogP contribution in [0.4, 0.5) is 4.79 Å². The zero-order chi connectivity index (χ0) is 14.8. The van der Waals surface area contributed by atoms with Gasteiger partial charge in [-0.25, -0.2) is 4.79 Å². The van der Waals surface area contributed by atoms with E-state index in [2.05, 4.69) is 24.3 Å². The minimum Gasteiger partial charge on any atom is -0.351 e. The Morgan fingerprint density at radius 1 is 1.05 bits per heavy atom. The van der Waals surface area contributed by atoms with Gasteiger partial charge in [-0.15, -0.1) is 0 Å². The number of benzene rings is 2. The van der Waals surface area contributed by atoms with Crippen molar-refractivity contribution in [2.45, 2.75) is 18.5 Å². The predicted octanol–water partition coefficient (Wildman–Crippen LogP) is 2.51. The van der Waals surface area contributed by atoms with Crippen LogP contribution in [0.2, 0.25) is 0 Å². The summed E-state index contributed by atoms with van der Waals surface area (Å²) < 4.78 is 0. The molecule has 21 heavy (non-hydrogen) atoms. The Kier molecular flexibility index (Phi) is 3.62. The summed E-state index contributed by atoms with van der Waals surface area (Å²) >= 11 is 0. The van der Waals surface area contributed by atoms with E-state index < -0.39 is 6.03 Å². The van der Waals surface area contributed by atoms with Crippen LogP contribution in [0.3, 0.4) is 0 Å². The summed E-state index contributed by atoms with van der Waals surface area (Å²) in [5.74, 6) is 0. The molecule has 1 fully saturated rings. The van der Waals surface area contributed by atoms with Crippen LogP contribution in [-0.4, -0.2) is 23.5 Å². The Hall–Kier alpha value is -2.33. The summed E-state index contributed by atoms with van der Waals surface area (Å²) in [6.07, 6.45) is 0.781. The summed E-state index contributed by atoms with van der Waals surface area (Å²) in [7, 11) is 0. The van der Waals surface area contributed by atoms with Crippen molar-refractivity contribution in [1.82, 2.24) is 4.90 Å². The molecule has 0 aromatic heterocycles. The average Bonchev–Trinajstić information content (AvgIpc) is 2.90. The molecule has 0 saturated carbocycles. The van der Waals surface area contributed by atoms with Crippen LogP contribution in [0, 0.1) is 0 Å². The first-order chi connectivity index (χ1) is 10.2. The highest BCUT2D eigenvalue weighted by Crippen LogP contribution is 2.33. The Labute approximate surface area is 124 Å². The molecule has 1 aliphatic rings. The highest BCUT2D eigenvalue weighted by atomic mass is 16.2. The van der Waals surface area contributed by atoms with Gasteiger partial charge in [0.25, 0.3) is 0 Å². The maximum absolute atomic E-state index is 11.6. The van der Waals surface area contributed by atoms with Gasteiger partial charge in [-0.05, 0) is 29.2 Å². The van der Waals surface area contributed by atoms with Crippen molar-refractivity contribution in [3.63, 3.8) is 0 Å². The number of urea groups is 1. The number of amides is 2. The number of likely N-dealkylation sites (tertiary alicyclic amines) is 1. The lowest BCUT2D eigenvalue weighted by atomic mass is 9.96. The lowest BCUT2D eigenvalue weighted by Crippen LogP contribution is -2.39. The van der Waals surface area contributed by atoms with Crippen LogP contribution >= 0.6 is 0 Å². The summed E-state index contributed by atoms with van der Waals surface area (Å²) in [4.78, 5) is 13.2. The van der Waals surface area contributed by atoms with E-state index in [9.17, 15) is 4.79 Å². The average molecular weight is 281 g/mol. The van der Waals surface area contributed by atoms with Crippen molar-refractivity contribution < 1.29 is 4.79 Å². The number of nitrogens with two attached hydrogens (primary N) is 2. The summed E-state index contributed by atoms with van der Waals surface area (Å²) in [6.45, 7) is 0.622. The molecular formula is C17H19N3O. The van der Waals surface area contributed by atoms with Crippen LogP contribution in [-0.2, 0) is 0 Å². The van der Waals surface area contributed by atoms with E-state index in [1.54, 1.807) is 4.90 Å². The van der Waals surface area contributed by atoms with Gasteiger partial charge in [-0.2, -0.15) is 0 Å². The van der Waals surface area contributed by atoms with Crippen LogP contribution in [0.1, 0.15) is 18.0 Å². The molecule has 2 amide bonds. The number of hydrogen-bond acceptors (Lipinski definition) is 2. The van der Waals surface area contributed by atoms with E-state index in [1.165, 1.54) is 0 Å². The van der Waals surface area contributed by atoms with Crippen LogP contribution < -0.4 is 11.5 Å². The molecule has 1 heterocycles. The molecule has 0 bridgehead atoms. The number of carbonyl (C=O) groups is 1. The Bertz CT molecular complexity index is 641. The smallest absolute Gasteiger partial charge is 0.315 e. The zero-order valence-electron chi connectivity index (χ0n) is 11.8. The van der Waals surface area contributed by atoms with Gasteiger partial charge in [0.1, 0.15) is 0 Å². The molecule has 1 aliphatic heterocycles. The van der Waals surface area contributed by atoms with Crippen molar-refractivity contribution in [3.05, 3.63) is 60.2 Å². The number of carbonyl (C=O) groups excluding carboxylic acids is 1. The van der Waals surface area contributed by atoms with Gasteiger partial charge in [-0.1, -0.05) is 48.5 Å². The third-order valence-corrected chi connectivity index (χ3v) is 4.06. The second-order valence-electron chi connectivity index (χ2n) is 5.42. The van der Waals surface area contributed by atoms with Crippen molar-refractivity contribution in [1.29, 1.82) is 0 Å². The standard InChI is InChI=1S/C17H19N3O/c18-15-9-10-20(17(19)21)16(15)14-8-4-7-13(11-14)12-5-2-1-3-6-12/h1-8,11,15-16H,9-10,18H2,(H2,19,21). The lowest BCUT2D eigenvalue weighted by Gasteiger charge is -2.26. The molecule has 4 heteroatoms. The third kappa shape index (κ3) is 2.62. The van der Waals surface area contributed by atoms with Gasteiger partial charge in [-0.3, -0.25) is 0 Å². The predicted molar refractivity (Wildman–Crippen MR) is 83.5 cm³/mol. The maximum atomic E-state index is 11.6. The first-order valence-corrected chi connectivity index (χ1v) is 7.14. The van der Waals surface area contributed by atoms with Gasteiger partial charge in [0.2, 0.25) is 0 Å². The molecule has 2 atom stereocenters. The van der Waals surface area contributed by atoms with Gasteiger partial charge < -0.3 is 16.4 Å². The summed E-state index contributed by atoms with van der Waals surface area (Å²) in [6, 6.07) is 17.7. The molecule has 2 unspecified atom stereocenters. The van der Waals surface area contributed by atoms with E-state index in [0.29, 0.717) is 6.54 Å². The first-order valence-electron chi connectivity index (χ1n) is 7.14. The minimum absolute atomic E-state index is 0.0662. The van der Waals surface area contributed by atoms with E-state index >= 15 is 0 Å². The van der Waals surface area contributed by atoms with E-state index in [4.69, 9.17) is 11.5 Å². The molecule has 4 nitrogen and oxygen atoms in total. The van der Waals surface area contributed by atoms with Crippen molar-refractivity contribution in [2.24, 2.45) is 11.5 Å². The summed E-state index contributed by atoms with van der Waals surface area (Å²) in [5.41, 5.74) is 15.0. The summed E-state index contributed by atoms with van der Waals surface area (Å²) in [5, 5.41) is 0. The first kappa shape index (κ1) is 13.6. The Morgan fingerprint density at radius 2 is 1.76 bits per heavy atom. The third-order valence-electron chi connectivity index (χ3n) is 4.06.